The third-order valence-electron chi connectivity index (χ3n) is 4.87. The average Bonchev–Trinajstić information content (AvgIpc) is 2.81. The number of nitrogens with zero attached hydrogens (tertiary/aromatic N) is 1. The predicted octanol–water partition coefficient (Wildman–Crippen LogP) is 3.31. The van der Waals surface area contributed by atoms with E-state index in [9.17, 15) is 14.4 Å². The van der Waals surface area contributed by atoms with Gasteiger partial charge >= 0.3 is 0 Å². The highest BCUT2D eigenvalue weighted by atomic mass is 16.5. The van der Waals surface area contributed by atoms with Gasteiger partial charge in [0.25, 0.3) is 11.8 Å². The number of rotatable bonds is 6. The molecule has 32 heavy (non-hydrogen) atoms. The number of anilines is 3. The fraction of sp³-hybridized carbons (Fsp3) is 0.125. The summed E-state index contributed by atoms with van der Waals surface area (Å²) in [5, 5.41) is 5.57. The van der Waals surface area contributed by atoms with Gasteiger partial charge in [0.1, 0.15) is 18.0 Å². The zero-order chi connectivity index (χ0) is 22.5. The van der Waals surface area contributed by atoms with Crippen LogP contribution in [0.5, 0.6) is 11.5 Å². The predicted molar refractivity (Wildman–Crippen MR) is 120 cm³/mol. The van der Waals surface area contributed by atoms with Crippen LogP contribution in [0, 0.1) is 0 Å². The van der Waals surface area contributed by atoms with Crippen molar-refractivity contribution in [2.24, 2.45) is 0 Å². The van der Waals surface area contributed by atoms with E-state index in [1.165, 1.54) is 4.90 Å². The molecular formula is C24H21N3O5. The number of para-hydroxylation sites is 1. The molecule has 3 aromatic carbocycles. The van der Waals surface area contributed by atoms with Crippen LogP contribution in [0.3, 0.4) is 0 Å². The number of methoxy groups -OCH3 is 1. The molecule has 0 bridgehead atoms. The Labute approximate surface area is 184 Å². The summed E-state index contributed by atoms with van der Waals surface area (Å²) in [6, 6.07) is 20.6. The van der Waals surface area contributed by atoms with E-state index in [1.54, 1.807) is 61.7 Å². The van der Waals surface area contributed by atoms with Crippen LogP contribution in [-0.2, 0) is 9.59 Å². The van der Waals surface area contributed by atoms with E-state index in [4.69, 9.17) is 9.47 Å². The molecule has 1 aliphatic heterocycles. The van der Waals surface area contributed by atoms with Crippen LogP contribution in [-0.4, -0.2) is 38.0 Å². The molecule has 0 saturated carbocycles. The van der Waals surface area contributed by atoms with Gasteiger partial charge < -0.3 is 20.1 Å². The number of nitrogens with one attached hydrogen (secondary N) is 2. The van der Waals surface area contributed by atoms with E-state index in [0.29, 0.717) is 34.1 Å². The van der Waals surface area contributed by atoms with Crippen molar-refractivity contribution in [2.75, 3.05) is 35.8 Å². The summed E-state index contributed by atoms with van der Waals surface area (Å²) in [5.41, 5.74) is 1.97. The molecule has 3 amide bonds. The van der Waals surface area contributed by atoms with Crippen LogP contribution in [0.1, 0.15) is 10.4 Å². The van der Waals surface area contributed by atoms with Gasteiger partial charge in [-0.2, -0.15) is 0 Å². The van der Waals surface area contributed by atoms with Crippen LogP contribution in [0.25, 0.3) is 0 Å². The third kappa shape index (κ3) is 4.70. The lowest BCUT2D eigenvalue weighted by molar-refractivity contribution is -0.123. The van der Waals surface area contributed by atoms with Gasteiger partial charge in [-0.15, -0.1) is 0 Å². The highest BCUT2D eigenvalue weighted by molar-refractivity contribution is 6.07. The number of benzene rings is 3. The van der Waals surface area contributed by atoms with Gasteiger partial charge in [0.15, 0.2) is 6.61 Å². The zero-order valence-electron chi connectivity index (χ0n) is 17.3. The molecule has 0 spiro atoms. The minimum atomic E-state index is -0.348. The maximum atomic E-state index is 12.6. The van der Waals surface area contributed by atoms with E-state index >= 15 is 0 Å². The summed E-state index contributed by atoms with van der Waals surface area (Å²) in [4.78, 5) is 38.9. The number of hydrogen-bond donors (Lipinski definition) is 2. The highest BCUT2D eigenvalue weighted by Gasteiger charge is 2.28. The molecule has 162 valence electrons. The van der Waals surface area contributed by atoms with Crippen molar-refractivity contribution in [1.29, 1.82) is 0 Å². The summed E-state index contributed by atoms with van der Waals surface area (Å²) in [6.45, 7) is -0.344. The van der Waals surface area contributed by atoms with Crippen molar-refractivity contribution in [1.82, 2.24) is 0 Å². The van der Waals surface area contributed by atoms with Gasteiger partial charge in [0, 0.05) is 16.9 Å². The van der Waals surface area contributed by atoms with Crippen molar-refractivity contribution < 1.29 is 23.9 Å². The molecule has 1 aliphatic rings. The first-order chi connectivity index (χ1) is 15.5. The maximum Gasteiger partial charge on any atom is 0.265 e. The number of ether oxygens (including phenoxy) is 2. The SMILES string of the molecule is COc1ccc(C(=O)Nc2ccc3c(c2)N(CC(=O)Nc2ccccc2)C(=O)CO3)cc1. The quantitative estimate of drug-likeness (QED) is 0.624. The fourth-order valence-corrected chi connectivity index (χ4v) is 3.26. The van der Waals surface area contributed by atoms with Crippen LogP contribution < -0.4 is 25.0 Å². The first-order valence-electron chi connectivity index (χ1n) is 9.91. The molecule has 8 heteroatoms. The van der Waals surface area contributed by atoms with Crippen molar-refractivity contribution >= 4 is 34.8 Å². The molecule has 0 unspecified atom stereocenters. The van der Waals surface area contributed by atoms with E-state index in [2.05, 4.69) is 10.6 Å². The first-order valence-corrected chi connectivity index (χ1v) is 9.91. The molecule has 8 nitrogen and oxygen atoms in total. The van der Waals surface area contributed by atoms with Gasteiger partial charge in [0.2, 0.25) is 5.91 Å². The van der Waals surface area contributed by atoms with E-state index in [-0.39, 0.29) is 30.9 Å². The largest absolute Gasteiger partial charge is 0.497 e. The Bertz CT molecular complexity index is 1150. The summed E-state index contributed by atoms with van der Waals surface area (Å²) >= 11 is 0. The lowest BCUT2D eigenvalue weighted by atomic mass is 10.1. The first kappa shape index (κ1) is 20.9. The molecule has 0 fully saturated rings. The molecule has 0 saturated heterocycles. The monoisotopic (exact) mass is 431 g/mol. The number of amides is 3. The van der Waals surface area contributed by atoms with Crippen molar-refractivity contribution in [3.05, 3.63) is 78.4 Å². The Balaban J connectivity index is 1.51. The highest BCUT2D eigenvalue weighted by Crippen LogP contribution is 2.34. The van der Waals surface area contributed by atoms with Crippen LogP contribution >= 0.6 is 0 Å². The van der Waals surface area contributed by atoms with Gasteiger partial charge in [-0.25, -0.2) is 0 Å². The van der Waals surface area contributed by atoms with Crippen molar-refractivity contribution in [2.45, 2.75) is 0 Å². The summed E-state index contributed by atoms with van der Waals surface area (Å²) < 4.78 is 10.6. The van der Waals surface area contributed by atoms with E-state index < -0.39 is 0 Å². The Morgan fingerprint density at radius 1 is 0.969 bits per heavy atom. The molecule has 0 atom stereocenters. The molecule has 0 aliphatic carbocycles. The maximum absolute atomic E-state index is 12.6. The topological polar surface area (TPSA) is 97.0 Å². The second-order valence-electron chi connectivity index (χ2n) is 7.05. The molecule has 0 radical (unpaired) electrons. The summed E-state index contributed by atoms with van der Waals surface area (Å²) in [5.74, 6) is 0.100. The van der Waals surface area contributed by atoms with Crippen LogP contribution in [0.2, 0.25) is 0 Å². The molecule has 2 N–H and O–H groups in total. The van der Waals surface area contributed by atoms with Crippen molar-refractivity contribution in [3.8, 4) is 11.5 Å². The second-order valence-corrected chi connectivity index (χ2v) is 7.05. The molecule has 0 aromatic heterocycles. The Morgan fingerprint density at radius 2 is 1.72 bits per heavy atom. The third-order valence-corrected chi connectivity index (χ3v) is 4.87. The molecule has 1 heterocycles. The van der Waals surface area contributed by atoms with E-state index in [1.807, 2.05) is 18.2 Å². The summed E-state index contributed by atoms with van der Waals surface area (Å²) in [6.07, 6.45) is 0. The van der Waals surface area contributed by atoms with E-state index in [0.717, 1.165) is 0 Å². The lowest BCUT2D eigenvalue weighted by Crippen LogP contribution is -2.43. The van der Waals surface area contributed by atoms with Gasteiger partial charge in [0.05, 0.1) is 12.8 Å². The normalized spacial score (nSPS) is 12.4. The average molecular weight is 431 g/mol. The van der Waals surface area contributed by atoms with Crippen LogP contribution in [0.15, 0.2) is 72.8 Å². The fourth-order valence-electron chi connectivity index (χ4n) is 3.26. The Hall–Kier alpha value is -4.33. The minimum Gasteiger partial charge on any atom is -0.497 e. The van der Waals surface area contributed by atoms with Gasteiger partial charge in [-0.3, -0.25) is 19.3 Å². The molecular weight excluding hydrogens is 410 g/mol. The smallest absolute Gasteiger partial charge is 0.265 e. The second kappa shape index (κ2) is 9.22. The molecule has 3 aromatic rings. The number of fused-ring (bicyclic) bond motifs is 1. The molecule has 4 rings (SSSR count). The Morgan fingerprint density at radius 3 is 2.44 bits per heavy atom. The van der Waals surface area contributed by atoms with Gasteiger partial charge in [-0.1, -0.05) is 18.2 Å². The Kier molecular flexibility index (Phi) is 6.03. The zero-order valence-corrected chi connectivity index (χ0v) is 17.3. The van der Waals surface area contributed by atoms with Crippen LogP contribution in [0.4, 0.5) is 17.1 Å². The minimum absolute atomic E-state index is 0.164. The number of carbonyl (C=O) groups is 3. The summed E-state index contributed by atoms with van der Waals surface area (Å²) in [7, 11) is 1.55. The number of hydrogen-bond acceptors (Lipinski definition) is 5. The van der Waals surface area contributed by atoms with Gasteiger partial charge in [-0.05, 0) is 54.6 Å². The van der Waals surface area contributed by atoms with Crippen molar-refractivity contribution in [3.63, 3.8) is 0 Å². The standard InChI is InChI=1S/C24H21N3O5/c1-31-19-10-7-16(8-11-19)24(30)26-18-9-12-21-20(13-18)27(23(29)15-32-21)14-22(28)25-17-5-3-2-4-6-17/h2-13H,14-15H2,1H3,(H,25,28)(H,26,30). The number of carbonyl (C=O) groups excluding carboxylic acids is 3. The lowest BCUT2D eigenvalue weighted by Gasteiger charge is -2.29.